The van der Waals surface area contributed by atoms with Gasteiger partial charge < -0.3 is 4.90 Å². The minimum absolute atomic E-state index is 0.101. The maximum Gasteiger partial charge on any atom is 0.269 e. The van der Waals surface area contributed by atoms with E-state index in [4.69, 9.17) is 0 Å². The molecule has 0 saturated carbocycles. The molecule has 8 nitrogen and oxygen atoms in total. The summed E-state index contributed by atoms with van der Waals surface area (Å²) in [5.41, 5.74) is 4.88. The van der Waals surface area contributed by atoms with Crippen LogP contribution in [0, 0.1) is 0 Å². The van der Waals surface area contributed by atoms with Gasteiger partial charge in [0, 0.05) is 23.2 Å². The summed E-state index contributed by atoms with van der Waals surface area (Å²) < 4.78 is 22.9. The zero-order valence-electron chi connectivity index (χ0n) is 15.8. The molecule has 0 radical (unpaired) electrons. The van der Waals surface area contributed by atoms with Crippen LogP contribution in [0.4, 0.5) is 0 Å². The molecule has 1 aliphatic heterocycles. The van der Waals surface area contributed by atoms with Gasteiger partial charge in [0.25, 0.3) is 11.8 Å². The number of likely N-dealkylation sites (tertiary alicyclic amines) is 1. The number of sulfone groups is 1. The topological polar surface area (TPSA) is 113 Å². The van der Waals surface area contributed by atoms with E-state index in [1.165, 1.54) is 35.6 Å². The van der Waals surface area contributed by atoms with Gasteiger partial charge in [-0.15, -0.1) is 11.3 Å². The Hall–Kier alpha value is -2.72. The van der Waals surface area contributed by atoms with Crippen LogP contribution in [0.3, 0.4) is 0 Å². The summed E-state index contributed by atoms with van der Waals surface area (Å²) in [6.07, 6.45) is 2.58. The Morgan fingerprint density at radius 3 is 2.48 bits per heavy atom. The van der Waals surface area contributed by atoms with Crippen LogP contribution in [0.15, 0.2) is 46.7 Å². The van der Waals surface area contributed by atoms with Crippen LogP contribution in [-0.2, 0) is 25.8 Å². The van der Waals surface area contributed by atoms with Crippen LogP contribution in [0.2, 0.25) is 0 Å². The normalized spacial score (nSPS) is 16.4. The summed E-state index contributed by atoms with van der Waals surface area (Å²) in [5, 5.41) is 1.90. The maximum absolute atomic E-state index is 12.5. The third kappa shape index (κ3) is 5.21. The Labute approximate surface area is 172 Å². The van der Waals surface area contributed by atoms with Gasteiger partial charge in [0.15, 0.2) is 9.84 Å². The molecule has 3 amide bonds. The molecule has 1 unspecified atom stereocenters. The van der Waals surface area contributed by atoms with Gasteiger partial charge >= 0.3 is 0 Å². The van der Waals surface area contributed by atoms with E-state index in [-0.39, 0.29) is 22.8 Å². The smallest absolute Gasteiger partial charge is 0.269 e. The highest BCUT2D eigenvalue weighted by Crippen LogP contribution is 2.20. The van der Waals surface area contributed by atoms with Crippen LogP contribution in [0.1, 0.15) is 28.1 Å². The van der Waals surface area contributed by atoms with Gasteiger partial charge in [-0.1, -0.05) is 6.07 Å². The molecule has 1 atom stereocenters. The summed E-state index contributed by atoms with van der Waals surface area (Å²) in [6.45, 7) is 0.503. The highest BCUT2D eigenvalue weighted by atomic mass is 32.2. The van der Waals surface area contributed by atoms with Crippen molar-refractivity contribution >= 4 is 38.9 Å². The summed E-state index contributed by atoms with van der Waals surface area (Å²) >= 11 is 1.49. The number of thiophene rings is 1. The number of nitrogens with one attached hydrogen (secondary N) is 2. The second-order valence-corrected chi connectivity index (χ2v) is 9.79. The van der Waals surface area contributed by atoms with E-state index in [1.807, 2.05) is 17.5 Å². The Morgan fingerprint density at radius 2 is 1.86 bits per heavy atom. The van der Waals surface area contributed by atoms with E-state index in [0.29, 0.717) is 13.0 Å². The molecule has 1 aliphatic rings. The molecule has 10 heteroatoms. The van der Waals surface area contributed by atoms with Gasteiger partial charge in [-0.3, -0.25) is 25.2 Å². The van der Waals surface area contributed by atoms with E-state index in [9.17, 15) is 22.8 Å². The van der Waals surface area contributed by atoms with Crippen molar-refractivity contribution in [1.82, 2.24) is 15.8 Å². The third-order valence-corrected chi connectivity index (χ3v) is 6.63. The van der Waals surface area contributed by atoms with Crippen molar-refractivity contribution in [2.45, 2.75) is 30.2 Å². The molecule has 1 saturated heterocycles. The standard InChI is InChI=1S/C19H21N3O5S2/c1-29(26,27)15-8-6-13(7-9-15)18(24)20-21-19(25)16-5-2-10-22(16)17(23)12-14-4-3-11-28-14/h3-4,6-9,11,16H,2,5,10,12H2,1H3,(H,20,24)(H,21,25). The Balaban J connectivity index is 1.56. The first kappa shape index (κ1) is 21.0. The molecular weight excluding hydrogens is 414 g/mol. The zero-order chi connectivity index (χ0) is 21.0. The van der Waals surface area contributed by atoms with Crippen molar-refractivity contribution in [3.63, 3.8) is 0 Å². The minimum Gasteiger partial charge on any atom is -0.330 e. The lowest BCUT2D eigenvalue weighted by atomic mass is 10.2. The fourth-order valence-electron chi connectivity index (χ4n) is 3.13. The van der Waals surface area contributed by atoms with Crippen molar-refractivity contribution in [3.05, 3.63) is 52.2 Å². The number of nitrogens with zero attached hydrogens (tertiary/aromatic N) is 1. The quantitative estimate of drug-likeness (QED) is 0.684. The molecule has 0 spiro atoms. The average molecular weight is 436 g/mol. The molecule has 1 aromatic heterocycles. The fraction of sp³-hybridized carbons (Fsp3) is 0.316. The van der Waals surface area contributed by atoms with Crippen molar-refractivity contribution in [1.29, 1.82) is 0 Å². The Morgan fingerprint density at radius 1 is 1.14 bits per heavy atom. The number of carbonyl (C=O) groups is 3. The van der Waals surface area contributed by atoms with Crippen molar-refractivity contribution < 1.29 is 22.8 Å². The highest BCUT2D eigenvalue weighted by Gasteiger charge is 2.34. The number of rotatable bonds is 5. The first-order valence-corrected chi connectivity index (χ1v) is 11.7. The molecule has 1 aromatic carbocycles. The number of hydrogen-bond acceptors (Lipinski definition) is 6. The number of hydrazine groups is 1. The van der Waals surface area contributed by atoms with Crippen LogP contribution in [0.5, 0.6) is 0 Å². The van der Waals surface area contributed by atoms with Crippen molar-refractivity contribution in [2.24, 2.45) is 0 Å². The SMILES string of the molecule is CS(=O)(=O)c1ccc(C(=O)NNC(=O)C2CCCN2C(=O)Cc2cccs2)cc1. The van der Waals surface area contributed by atoms with Crippen LogP contribution < -0.4 is 10.9 Å². The first-order chi connectivity index (χ1) is 13.8. The molecule has 0 bridgehead atoms. The molecule has 29 heavy (non-hydrogen) atoms. The molecule has 0 aliphatic carbocycles. The van der Waals surface area contributed by atoms with Crippen LogP contribution >= 0.6 is 11.3 Å². The van der Waals surface area contributed by atoms with E-state index in [1.54, 1.807) is 4.90 Å². The average Bonchev–Trinajstić information content (AvgIpc) is 3.37. The third-order valence-electron chi connectivity index (χ3n) is 4.63. The number of hydrogen-bond donors (Lipinski definition) is 2. The molecule has 3 rings (SSSR count). The molecule has 1 fully saturated rings. The van der Waals surface area contributed by atoms with Crippen LogP contribution in [0.25, 0.3) is 0 Å². The largest absolute Gasteiger partial charge is 0.330 e. The number of carbonyl (C=O) groups excluding carboxylic acids is 3. The summed E-state index contributed by atoms with van der Waals surface area (Å²) in [4.78, 5) is 39.8. The van der Waals surface area contributed by atoms with Gasteiger partial charge in [0.05, 0.1) is 11.3 Å². The van der Waals surface area contributed by atoms with Gasteiger partial charge in [-0.05, 0) is 48.6 Å². The summed E-state index contributed by atoms with van der Waals surface area (Å²) in [7, 11) is -3.35. The predicted octanol–water partition coefficient (Wildman–Crippen LogP) is 1.15. The van der Waals surface area contributed by atoms with Crippen molar-refractivity contribution in [3.8, 4) is 0 Å². The van der Waals surface area contributed by atoms with Gasteiger partial charge in [0.1, 0.15) is 6.04 Å². The first-order valence-electron chi connectivity index (χ1n) is 8.98. The van der Waals surface area contributed by atoms with E-state index >= 15 is 0 Å². The zero-order valence-corrected chi connectivity index (χ0v) is 17.4. The van der Waals surface area contributed by atoms with Gasteiger partial charge in [-0.2, -0.15) is 0 Å². The Bertz CT molecular complexity index is 1000. The van der Waals surface area contributed by atoms with Gasteiger partial charge in [-0.25, -0.2) is 8.42 Å². The number of amides is 3. The van der Waals surface area contributed by atoms with Crippen LogP contribution in [-0.4, -0.2) is 49.9 Å². The second kappa shape index (κ2) is 8.75. The fourth-order valence-corrected chi connectivity index (χ4v) is 4.46. The molecule has 2 heterocycles. The van der Waals surface area contributed by atoms with E-state index < -0.39 is 27.7 Å². The number of benzene rings is 1. The maximum atomic E-state index is 12.5. The molecular formula is C19H21N3O5S2. The molecule has 2 N–H and O–H groups in total. The van der Waals surface area contributed by atoms with Crippen molar-refractivity contribution in [2.75, 3.05) is 12.8 Å². The molecule has 2 aromatic rings. The second-order valence-electron chi connectivity index (χ2n) is 6.74. The summed E-state index contributed by atoms with van der Waals surface area (Å²) in [6, 6.07) is 8.51. The lowest BCUT2D eigenvalue weighted by molar-refractivity contribution is -0.138. The van der Waals surface area contributed by atoms with E-state index in [2.05, 4.69) is 10.9 Å². The molecule has 154 valence electrons. The Kier molecular flexibility index (Phi) is 6.33. The van der Waals surface area contributed by atoms with Gasteiger partial charge in [0.2, 0.25) is 5.91 Å². The monoisotopic (exact) mass is 435 g/mol. The minimum atomic E-state index is -3.35. The summed E-state index contributed by atoms with van der Waals surface area (Å²) in [5.74, 6) is -1.15. The highest BCUT2D eigenvalue weighted by molar-refractivity contribution is 7.90. The van der Waals surface area contributed by atoms with E-state index in [0.717, 1.165) is 17.6 Å². The lowest BCUT2D eigenvalue weighted by Gasteiger charge is -2.24. The predicted molar refractivity (Wildman–Crippen MR) is 108 cm³/mol. The lowest BCUT2D eigenvalue weighted by Crippen LogP contribution is -2.51.